The Kier molecular flexibility index (Phi) is 5.75. The number of pyridine rings is 1. The van der Waals surface area contributed by atoms with Crippen LogP contribution in [-0.4, -0.2) is 29.1 Å². The molecule has 6 nitrogen and oxygen atoms in total. The highest BCUT2D eigenvalue weighted by atomic mass is 19.4. The van der Waals surface area contributed by atoms with Crippen molar-refractivity contribution in [2.45, 2.75) is 25.6 Å². The van der Waals surface area contributed by atoms with Gasteiger partial charge < -0.3 is 20.1 Å². The van der Waals surface area contributed by atoms with Gasteiger partial charge in [-0.2, -0.15) is 13.2 Å². The Morgan fingerprint density at radius 2 is 1.76 bits per heavy atom. The number of amides is 1. The predicted molar refractivity (Wildman–Crippen MR) is 118 cm³/mol. The maximum absolute atomic E-state index is 12.9. The molecule has 2 N–H and O–H groups in total. The number of carbonyl (C=O) groups is 1. The van der Waals surface area contributed by atoms with Gasteiger partial charge in [-0.25, -0.2) is 4.98 Å². The third-order valence-electron chi connectivity index (χ3n) is 5.29. The Balaban J connectivity index is 1.59. The minimum atomic E-state index is -4.45. The van der Waals surface area contributed by atoms with Crippen LogP contribution in [0.2, 0.25) is 0 Å². The molecule has 9 heteroatoms. The topological polar surface area (TPSA) is 74.7 Å². The molecule has 1 aliphatic rings. The normalized spacial score (nSPS) is 13.8. The van der Waals surface area contributed by atoms with Gasteiger partial charge in [-0.15, -0.1) is 0 Å². The molecular formula is C24H22F3N3O3. The molecule has 3 aromatic rings. The summed E-state index contributed by atoms with van der Waals surface area (Å²) in [5, 5.41) is 12.8. The highest BCUT2D eigenvalue weighted by Gasteiger charge is 2.30. The number of para-hydroxylation sites is 1. The number of anilines is 3. The molecule has 0 radical (unpaired) electrons. The molecule has 0 bridgehead atoms. The van der Waals surface area contributed by atoms with Crippen molar-refractivity contribution >= 4 is 23.1 Å². The third kappa shape index (κ3) is 4.78. The molecule has 172 valence electrons. The largest absolute Gasteiger partial charge is 0.489 e. The van der Waals surface area contributed by atoms with Crippen LogP contribution >= 0.6 is 0 Å². The summed E-state index contributed by atoms with van der Waals surface area (Å²) in [6, 6.07) is 12.9. The lowest BCUT2D eigenvalue weighted by Gasteiger charge is -2.31. The van der Waals surface area contributed by atoms with E-state index in [4.69, 9.17) is 4.74 Å². The van der Waals surface area contributed by atoms with Crippen molar-refractivity contribution < 1.29 is 27.8 Å². The van der Waals surface area contributed by atoms with Gasteiger partial charge in [-0.3, -0.25) is 4.79 Å². The summed E-state index contributed by atoms with van der Waals surface area (Å²) >= 11 is 0. The van der Waals surface area contributed by atoms with Crippen LogP contribution < -0.4 is 15.0 Å². The fourth-order valence-corrected chi connectivity index (χ4v) is 3.51. The maximum atomic E-state index is 12.9. The number of rotatable bonds is 4. The van der Waals surface area contributed by atoms with Gasteiger partial charge >= 0.3 is 6.18 Å². The number of aromatic nitrogens is 1. The Labute approximate surface area is 188 Å². The summed E-state index contributed by atoms with van der Waals surface area (Å²) < 4.78 is 44.1. The number of carbonyl (C=O) groups excluding carboxylic acids is 1. The van der Waals surface area contributed by atoms with E-state index in [-0.39, 0.29) is 11.3 Å². The fourth-order valence-electron chi connectivity index (χ4n) is 3.51. The summed E-state index contributed by atoms with van der Waals surface area (Å²) in [6.45, 7) is 4.17. The van der Waals surface area contributed by atoms with Crippen molar-refractivity contribution in [3.8, 4) is 5.75 Å². The third-order valence-corrected chi connectivity index (χ3v) is 5.29. The van der Waals surface area contributed by atoms with E-state index in [1.54, 1.807) is 50.4 Å². The number of hydrogen-bond acceptors (Lipinski definition) is 5. The molecule has 1 amide bonds. The van der Waals surface area contributed by atoms with Gasteiger partial charge in [0.25, 0.3) is 5.91 Å². The van der Waals surface area contributed by atoms with Crippen LogP contribution in [0.3, 0.4) is 0 Å². The number of ether oxygens (including phenoxy) is 1. The first kappa shape index (κ1) is 22.6. The number of benzene rings is 2. The van der Waals surface area contributed by atoms with Crippen molar-refractivity contribution in [3.05, 3.63) is 77.5 Å². The van der Waals surface area contributed by atoms with E-state index >= 15 is 0 Å². The van der Waals surface area contributed by atoms with E-state index < -0.39 is 23.2 Å². The first-order valence-corrected chi connectivity index (χ1v) is 10.2. The first-order valence-electron chi connectivity index (χ1n) is 10.2. The molecule has 0 unspecified atom stereocenters. The van der Waals surface area contributed by atoms with Gasteiger partial charge in [0.15, 0.2) is 5.75 Å². The average Bonchev–Trinajstić information content (AvgIpc) is 2.77. The number of nitrogens with one attached hydrogen (secondary N) is 1. The summed E-state index contributed by atoms with van der Waals surface area (Å²) in [5.74, 6) is 0.494. The zero-order valence-electron chi connectivity index (χ0n) is 18.0. The molecule has 4 rings (SSSR count). The monoisotopic (exact) mass is 457 g/mol. The van der Waals surface area contributed by atoms with E-state index in [0.29, 0.717) is 36.0 Å². The quantitative estimate of drug-likeness (QED) is 0.570. The molecule has 0 aliphatic carbocycles. The van der Waals surface area contributed by atoms with Crippen molar-refractivity contribution in [2.24, 2.45) is 0 Å². The Morgan fingerprint density at radius 3 is 2.36 bits per heavy atom. The SMILES string of the molecule is CC(C)(O)c1ccc(N2CCOc3c(C(=O)Nc4ccc(C(F)(F)F)cc4)cccc32)nc1. The minimum absolute atomic E-state index is 0.238. The molecule has 1 aromatic heterocycles. The molecule has 2 aromatic carbocycles. The lowest BCUT2D eigenvalue weighted by Crippen LogP contribution is -2.30. The van der Waals surface area contributed by atoms with Crippen molar-refractivity contribution in [1.82, 2.24) is 4.98 Å². The Hall–Kier alpha value is -3.59. The van der Waals surface area contributed by atoms with E-state index in [2.05, 4.69) is 10.3 Å². The summed E-state index contributed by atoms with van der Waals surface area (Å²) in [5.41, 5.74) is -0.000819. The lowest BCUT2D eigenvalue weighted by atomic mass is 10.0. The number of alkyl halides is 3. The molecule has 0 saturated carbocycles. The average molecular weight is 457 g/mol. The molecule has 0 atom stereocenters. The second kappa shape index (κ2) is 8.40. The zero-order chi connectivity index (χ0) is 23.8. The number of fused-ring (bicyclic) bond motifs is 1. The van der Waals surface area contributed by atoms with E-state index in [0.717, 1.165) is 12.1 Å². The molecule has 0 saturated heterocycles. The summed E-state index contributed by atoms with van der Waals surface area (Å²) in [4.78, 5) is 19.3. The van der Waals surface area contributed by atoms with E-state index in [1.807, 2.05) is 4.90 Å². The van der Waals surface area contributed by atoms with Gasteiger partial charge in [0.1, 0.15) is 12.4 Å². The van der Waals surface area contributed by atoms with Gasteiger partial charge in [-0.1, -0.05) is 12.1 Å². The van der Waals surface area contributed by atoms with Gasteiger partial charge in [0.05, 0.1) is 29.0 Å². The number of hydrogen-bond donors (Lipinski definition) is 2. The highest BCUT2D eigenvalue weighted by molar-refractivity contribution is 6.07. The van der Waals surface area contributed by atoms with Crippen LogP contribution in [0.5, 0.6) is 5.75 Å². The zero-order valence-corrected chi connectivity index (χ0v) is 18.0. The van der Waals surface area contributed by atoms with Crippen molar-refractivity contribution in [2.75, 3.05) is 23.4 Å². The Bertz CT molecular complexity index is 1150. The van der Waals surface area contributed by atoms with Crippen LogP contribution in [0.25, 0.3) is 0 Å². The fraction of sp³-hybridized carbons (Fsp3) is 0.250. The number of halogens is 3. The van der Waals surface area contributed by atoms with E-state index in [1.165, 1.54) is 12.1 Å². The smallest absolute Gasteiger partial charge is 0.416 e. The van der Waals surface area contributed by atoms with Crippen LogP contribution in [0.1, 0.15) is 35.3 Å². The van der Waals surface area contributed by atoms with Gasteiger partial charge in [0.2, 0.25) is 0 Å². The Morgan fingerprint density at radius 1 is 1.06 bits per heavy atom. The predicted octanol–water partition coefficient (Wildman–Crippen LogP) is 5.11. The molecule has 0 fully saturated rings. The summed E-state index contributed by atoms with van der Waals surface area (Å²) in [7, 11) is 0. The second-order valence-electron chi connectivity index (χ2n) is 8.15. The molecular weight excluding hydrogens is 435 g/mol. The van der Waals surface area contributed by atoms with Crippen LogP contribution in [0.4, 0.5) is 30.4 Å². The van der Waals surface area contributed by atoms with Crippen LogP contribution in [0, 0.1) is 0 Å². The van der Waals surface area contributed by atoms with Gasteiger partial charge in [0, 0.05) is 17.4 Å². The van der Waals surface area contributed by atoms with Crippen molar-refractivity contribution in [3.63, 3.8) is 0 Å². The number of nitrogens with zero attached hydrogens (tertiary/aromatic N) is 2. The first-order chi connectivity index (χ1) is 15.5. The molecule has 33 heavy (non-hydrogen) atoms. The highest BCUT2D eigenvalue weighted by Crippen LogP contribution is 2.39. The van der Waals surface area contributed by atoms with Crippen LogP contribution in [-0.2, 0) is 11.8 Å². The van der Waals surface area contributed by atoms with E-state index in [9.17, 15) is 23.1 Å². The lowest BCUT2D eigenvalue weighted by molar-refractivity contribution is -0.137. The summed E-state index contributed by atoms with van der Waals surface area (Å²) in [6.07, 6.45) is -2.84. The maximum Gasteiger partial charge on any atom is 0.416 e. The minimum Gasteiger partial charge on any atom is -0.489 e. The molecule has 2 heterocycles. The molecule has 0 spiro atoms. The van der Waals surface area contributed by atoms with Crippen molar-refractivity contribution in [1.29, 1.82) is 0 Å². The molecule has 1 aliphatic heterocycles. The standard InChI is InChI=1S/C24H22F3N3O3/c1-23(2,32)16-8-11-20(28-14-16)30-12-13-33-21-18(4-3-5-19(21)30)22(31)29-17-9-6-15(7-10-17)24(25,26)27/h3-11,14,32H,12-13H2,1-2H3,(H,29,31). The second-order valence-corrected chi connectivity index (χ2v) is 8.15. The van der Waals surface area contributed by atoms with Crippen LogP contribution in [0.15, 0.2) is 60.8 Å². The number of aliphatic hydroxyl groups is 1. The van der Waals surface area contributed by atoms with Gasteiger partial charge in [-0.05, 0) is 56.3 Å².